The molecule has 0 atom stereocenters. The molecular weight excluding hydrogens is 284 g/mol. The van der Waals surface area contributed by atoms with Gasteiger partial charge in [-0.3, -0.25) is 0 Å². The zero-order valence-corrected chi connectivity index (χ0v) is 12.4. The number of rotatable bonds is 4. The van der Waals surface area contributed by atoms with Gasteiger partial charge in [0.15, 0.2) is 9.84 Å². The Hall–Kier alpha value is -2.27. The fourth-order valence-corrected chi connectivity index (χ4v) is 2.86. The first-order valence-corrected chi connectivity index (χ1v) is 8.51. The molecule has 3 rings (SSSR count). The Morgan fingerprint density at radius 3 is 2.52 bits per heavy atom. The summed E-state index contributed by atoms with van der Waals surface area (Å²) in [5, 5.41) is 4.48. The molecule has 0 spiro atoms. The normalized spacial score (nSPS) is 11.7. The Bertz CT molecular complexity index is 865. The molecule has 0 fully saturated rings. The molecule has 0 unspecified atom stereocenters. The van der Waals surface area contributed by atoms with Crippen LogP contribution in [0.1, 0.15) is 5.56 Å². The van der Waals surface area contributed by atoms with Gasteiger partial charge in [-0.05, 0) is 47.3 Å². The molecule has 0 saturated heterocycles. The van der Waals surface area contributed by atoms with Crippen LogP contribution in [-0.4, -0.2) is 19.7 Å². The van der Waals surface area contributed by atoms with Crippen molar-refractivity contribution >= 4 is 26.4 Å². The van der Waals surface area contributed by atoms with Gasteiger partial charge in [0.05, 0.1) is 4.90 Å². The summed E-state index contributed by atoms with van der Waals surface area (Å²) >= 11 is 0. The van der Waals surface area contributed by atoms with E-state index in [0.717, 1.165) is 16.8 Å². The fourth-order valence-electron chi connectivity index (χ4n) is 2.23. The van der Waals surface area contributed by atoms with Gasteiger partial charge in [-0.2, -0.15) is 0 Å². The average Bonchev–Trinajstić information content (AvgIpc) is 2.92. The summed E-state index contributed by atoms with van der Waals surface area (Å²) in [7, 11) is -3.14. The number of hydrogen-bond acceptors (Lipinski definition) is 3. The molecule has 4 nitrogen and oxygen atoms in total. The first kappa shape index (κ1) is 13.7. The van der Waals surface area contributed by atoms with Crippen LogP contribution in [0.15, 0.2) is 59.6 Å². The maximum atomic E-state index is 11.4. The Morgan fingerprint density at radius 1 is 1.05 bits per heavy atom. The number of anilines is 1. The summed E-state index contributed by atoms with van der Waals surface area (Å²) in [6.07, 6.45) is 3.13. The smallest absolute Gasteiger partial charge is 0.175 e. The summed E-state index contributed by atoms with van der Waals surface area (Å²) < 4.78 is 22.8. The van der Waals surface area contributed by atoms with E-state index in [9.17, 15) is 8.42 Å². The van der Waals surface area contributed by atoms with Crippen LogP contribution in [-0.2, 0) is 16.4 Å². The van der Waals surface area contributed by atoms with E-state index in [4.69, 9.17) is 0 Å². The Balaban J connectivity index is 1.72. The summed E-state index contributed by atoms with van der Waals surface area (Å²) in [4.78, 5) is 3.52. The number of fused-ring (bicyclic) bond motifs is 1. The van der Waals surface area contributed by atoms with E-state index < -0.39 is 9.84 Å². The second-order valence-corrected chi connectivity index (χ2v) is 7.07. The maximum absolute atomic E-state index is 11.4. The molecule has 2 N–H and O–H groups in total. The molecule has 1 aromatic heterocycles. The molecule has 0 aliphatic rings. The highest BCUT2D eigenvalue weighted by Crippen LogP contribution is 2.17. The van der Waals surface area contributed by atoms with Crippen molar-refractivity contribution in [1.29, 1.82) is 0 Å². The summed E-state index contributed by atoms with van der Waals surface area (Å²) in [6, 6.07) is 15.1. The lowest BCUT2D eigenvalue weighted by Gasteiger charge is -2.07. The largest absolute Gasteiger partial charge is 0.381 e. The van der Waals surface area contributed by atoms with E-state index in [-0.39, 0.29) is 0 Å². The molecule has 3 aromatic rings. The van der Waals surface area contributed by atoms with Crippen molar-refractivity contribution in [3.63, 3.8) is 0 Å². The highest BCUT2D eigenvalue weighted by molar-refractivity contribution is 7.90. The molecule has 5 heteroatoms. The molecule has 108 valence electrons. The van der Waals surface area contributed by atoms with Crippen molar-refractivity contribution in [2.24, 2.45) is 0 Å². The van der Waals surface area contributed by atoms with Crippen molar-refractivity contribution in [2.75, 3.05) is 11.6 Å². The molecule has 2 aromatic carbocycles. The van der Waals surface area contributed by atoms with Crippen LogP contribution in [0.25, 0.3) is 10.9 Å². The van der Waals surface area contributed by atoms with Crippen molar-refractivity contribution in [1.82, 2.24) is 4.98 Å². The number of hydrogen-bond donors (Lipinski definition) is 2. The van der Waals surface area contributed by atoms with Crippen LogP contribution in [0, 0.1) is 0 Å². The molecule has 0 bridgehead atoms. The molecule has 0 amide bonds. The molecular formula is C16H16N2O2S. The Labute approximate surface area is 123 Å². The Kier molecular flexibility index (Phi) is 3.43. The van der Waals surface area contributed by atoms with Gasteiger partial charge in [-0.1, -0.05) is 12.1 Å². The number of sulfone groups is 1. The van der Waals surface area contributed by atoms with Crippen LogP contribution in [0.3, 0.4) is 0 Å². The predicted molar refractivity (Wildman–Crippen MR) is 85.2 cm³/mol. The zero-order chi connectivity index (χ0) is 14.9. The van der Waals surface area contributed by atoms with Crippen LogP contribution in [0.5, 0.6) is 0 Å². The Morgan fingerprint density at radius 2 is 1.81 bits per heavy atom. The number of aromatic amines is 1. The second-order valence-electron chi connectivity index (χ2n) is 5.05. The van der Waals surface area contributed by atoms with E-state index in [0.29, 0.717) is 11.4 Å². The first-order chi connectivity index (χ1) is 10.0. The quantitative estimate of drug-likeness (QED) is 0.778. The zero-order valence-electron chi connectivity index (χ0n) is 11.6. The van der Waals surface area contributed by atoms with Gasteiger partial charge in [-0.25, -0.2) is 8.42 Å². The first-order valence-electron chi connectivity index (χ1n) is 6.62. The van der Waals surface area contributed by atoms with Gasteiger partial charge in [-0.15, -0.1) is 0 Å². The topological polar surface area (TPSA) is 62.0 Å². The van der Waals surface area contributed by atoms with Crippen LogP contribution in [0.2, 0.25) is 0 Å². The van der Waals surface area contributed by atoms with E-state index in [1.807, 2.05) is 12.3 Å². The third-order valence-electron chi connectivity index (χ3n) is 3.40. The molecule has 1 heterocycles. The lowest BCUT2D eigenvalue weighted by atomic mass is 10.1. The second kappa shape index (κ2) is 5.26. The van der Waals surface area contributed by atoms with Crippen molar-refractivity contribution in [3.8, 4) is 0 Å². The SMILES string of the molecule is CS(=O)(=O)c1ccc(NCc2ccc3cc[nH]c3c2)cc1. The van der Waals surface area contributed by atoms with Crippen LogP contribution >= 0.6 is 0 Å². The molecule has 0 aliphatic carbocycles. The minimum Gasteiger partial charge on any atom is -0.381 e. The standard InChI is InChI=1S/C16H16N2O2S/c1-21(19,20)15-6-4-14(5-7-15)18-11-12-2-3-13-8-9-17-16(13)10-12/h2-10,17-18H,11H2,1H3. The minimum absolute atomic E-state index is 0.334. The molecule has 0 saturated carbocycles. The lowest BCUT2D eigenvalue weighted by molar-refractivity contribution is 0.602. The third kappa shape index (κ3) is 3.08. The molecule has 21 heavy (non-hydrogen) atoms. The lowest BCUT2D eigenvalue weighted by Crippen LogP contribution is -2.01. The average molecular weight is 300 g/mol. The van der Waals surface area contributed by atoms with Gasteiger partial charge >= 0.3 is 0 Å². The maximum Gasteiger partial charge on any atom is 0.175 e. The third-order valence-corrected chi connectivity index (χ3v) is 4.53. The van der Waals surface area contributed by atoms with Gasteiger partial charge in [0.1, 0.15) is 0 Å². The summed E-state index contributed by atoms with van der Waals surface area (Å²) in [5.41, 5.74) is 3.17. The van der Waals surface area contributed by atoms with E-state index in [1.54, 1.807) is 24.3 Å². The monoisotopic (exact) mass is 300 g/mol. The van der Waals surface area contributed by atoms with E-state index >= 15 is 0 Å². The number of aromatic nitrogens is 1. The number of benzene rings is 2. The van der Waals surface area contributed by atoms with Crippen molar-refractivity contribution < 1.29 is 8.42 Å². The summed E-state index contributed by atoms with van der Waals surface area (Å²) in [5.74, 6) is 0. The summed E-state index contributed by atoms with van der Waals surface area (Å²) in [6.45, 7) is 0.688. The van der Waals surface area contributed by atoms with Crippen LogP contribution in [0.4, 0.5) is 5.69 Å². The highest BCUT2D eigenvalue weighted by atomic mass is 32.2. The number of nitrogens with one attached hydrogen (secondary N) is 2. The number of H-pyrrole nitrogens is 1. The van der Waals surface area contributed by atoms with E-state index in [2.05, 4.69) is 28.5 Å². The predicted octanol–water partition coefficient (Wildman–Crippen LogP) is 3.18. The van der Waals surface area contributed by atoms with Gasteiger partial charge in [0.25, 0.3) is 0 Å². The fraction of sp³-hybridized carbons (Fsp3) is 0.125. The van der Waals surface area contributed by atoms with Crippen molar-refractivity contribution in [3.05, 3.63) is 60.3 Å². The highest BCUT2D eigenvalue weighted by Gasteiger charge is 2.06. The van der Waals surface area contributed by atoms with Crippen LogP contribution < -0.4 is 5.32 Å². The molecule has 0 radical (unpaired) electrons. The van der Waals surface area contributed by atoms with Gasteiger partial charge in [0, 0.05) is 30.2 Å². The van der Waals surface area contributed by atoms with Crippen molar-refractivity contribution in [2.45, 2.75) is 11.4 Å². The van der Waals surface area contributed by atoms with E-state index in [1.165, 1.54) is 11.6 Å². The van der Waals surface area contributed by atoms with Gasteiger partial charge in [0.2, 0.25) is 0 Å². The molecule has 0 aliphatic heterocycles. The van der Waals surface area contributed by atoms with Gasteiger partial charge < -0.3 is 10.3 Å². The minimum atomic E-state index is -3.14.